The lowest BCUT2D eigenvalue weighted by molar-refractivity contribution is -0.0202. The van der Waals surface area contributed by atoms with E-state index in [0.717, 1.165) is 29.9 Å². The predicted molar refractivity (Wildman–Crippen MR) is 82.0 cm³/mol. The van der Waals surface area contributed by atoms with Gasteiger partial charge in [-0.05, 0) is 29.9 Å². The number of rotatable bonds is 3. The summed E-state index contributed by atoms with van der Waals surface area (Å²) in [6.07, 6.45) is 1.86. The molecule has 116 valence electrons. The largest absolute Gasteiger partial charge is 0.372 e. The summed E-state index contributed by atoms with van der Waals surface area (Å²) in [5.41, 5.74) is 0.576. The first-order valence-electron chi connectivity index (χ1n) is 7.13. The molecule has 1 aromatic heterocycles. The SMILES string of the molecule is O=S(=O)(c1nnsc1-c1ccccc1)N1CCOC2(CC2)C1. The first kappa shape index (κ1) is 14.3. The van der Waals surface area contributed by atoms with E-state index in [-0.39, 0.29) is 10.6 Å². The maximum Gasteiger partial charge on any atom is 0.264 e. The Labute approximate surface area is 132 Å². The van der Waals surface area contributed by atoms with Crippen LogP contribution < -0.4 is 0 Å². The molecule has 2 fully saturated rings. The second-order valence-electron chi connectivity index (χ2n) is 5.64. The van der Waals surface area contributed by atoms with Gasteiger partial charge in [-0.3, -0.25) is 0 Å². The Balaban J connectivity index is 1.71. The third-order valence-corrected chi connectivity index (χ3v) is 6.77. The third-order valence-electron chi connectivity index (χ3n) is 4.10. The maximum atomic E-state index is 12.9. The van der Waals surface area contributed by atoms with Crippen LogP contribution in [0.5, 0.6) is 0 Å². The van der Waals surface area contributed by atoms with Crippen LogP contribution in [-0.2, 0) is 14.8 Å². The Morgan fingerprint density at radius 1 is 1.23 bits per heavy atom. The number of hydrogen-bond donors (Lipinski definition) is 0. The van der Waals surface area contributed by atoms with Crippen LogP contribution in [0, 0.1) is 0 Å². The van der Waals surface area contributed by atoms with Crippen molar-refractivity contribution in [3.8, 4) is 10.4 Å². The van der Waals surface area contributed by atoms with Crippen molar-refractivity contribution < 1.29 is 13.2 Å². The van der Waals surface area contributed by atoms with Gasteiger partial charge in [0.25, 0.3) is 10.0 Å². The summed E-state index contributed by atoms with van der Waals surface area (Å²) in [4.78, 5) is 0.594. The van der Waals surface area contributed by atoms with Gasteiger partial charge in [0.15, 0.2) is 0 Å². The molecule has 1 saturated heterocycles. The van der Waals surface area contributed by atoms with Crippen molar-refractivity contribution in [3.63, 3.8) is 0 Å². The molecule has 1 spiro atoms. The summed E-state index contributed by atoms with van der Waals surface area (Å²) in [7, 11) is -3.64. The van der Waals surface area contributed by atoms with E-state index in [1.165, 1.54) is 4.31 Å². The van der Waals surface area contributed by atoms with Crippen LogP contribution in [0.15, 0.2) is 35.4 Å². The highest BCUT2D eigenvalue weighted by Gasteiger charge is 2.50. The van der Waals surface area contributed by atoms with Gasteiger partial charge in [0.2, 0.25) is 5.03 Å². The van der Waals surface area contributed by atoms with E-state index >= 15 is 0 Å². The van der Waals surface area contributed by atoms with Gasteiger partial charge in [-0.2, -0.15) is 4.31 Å². The Morgan fingerprint density at radius 3 is 2.73 bits per heavy atom. The van der Waals surface area contributed by atoms with Gasteiger partial charge in [-0.25, -0.2) is 8.42 Å². The van der Waals surface area contributed by atoms with Crippen molar-refractivity contribution in [2.24, 2.45) is 0 Å². The normalized spacial score (nSPS) is 21.1. The van der Waals surface area contributed by atoms with Crippen molar-refractivity contribution in [3.05, 3.63) is 30.3 Å². The number of nitrogens with zero attached hydrogens (tertiary/aromatic N) is 3. The van der Waals surface area contributed by atoms with E-state index in [2.05, 4.69) is 9.59 Å². The lowest BCUT2D eigenvalue weighted by atomic mass is 10.2. The first-order chi connectivity index (χ1) is 10.6. The molecule has 1 aliphatic heterocycles. The van der Waals surface area contributed by atoms with Crippen molar-refractivity contribution in [2.45, 2.75) is 23.5 Å². The van der Waals surface area contributed by atoms with E-state index < -0.39 is 10.0 Å². The van der Waals surface area contributed by atoms with Crippen LogP contribution in [0.1, 0.15) is 12.8 Å². The van der Waals surface area contributed by atoms with Crippen LogP contribution >= 0.6 is 11.5 Å². The van der Waals surface area contributed by atoms with Crippen molar-refractivity contribution in [1.82, 2.24) is 13.9 Å². The molecule has 1 saturated carbocycles. The molecule has 4 rings (SSSR count). The molecule has 22 heavy (non-hydrogen) atoms. The molecule has 0 radical (unpaired) electrons. The average molecular weight is 337 g/mol. The van der Waals surface area contributed by atoms with E-state index in [0.29, 0.717) is 24.6 Å². The van der Waals surface area contributed by atoms with E-state index in [9.17, 15) is 8.42 Å². The van der Waals surface area contributed by atoms with Crippen LogP contribution in [-0.4, -0.2) is 47.6 Å². The molecular formula is C14H15N3O3S2. The summed E-state index contributed by atoms with van der Waals surface area (Å²) in [5.74, 6) is 0. The Morgan fingerprint density at radius 2 is 2.00 bits per heavy atom. The number of benzene rings is 1. The number of hydrogen-bond acceptors (Lipinski definition) is 6. The Bertz CT molecular complexity index is 785. The van der Waals surface area contributed by atoms with E-state index in [1.54, 1.807) is 0 Å². The van der Waals surface area contributed by atoms with Gasteiger partial charge in [0, 0.05) is 13.1 Å². The van der Waals surface area contributed by atoms with Crippen LogP contribution in [0.25, 0.3) is 10.4 Å². The Hall–Kier alpha value is -1.35. The zero-order chi connectivity index (χ0) is 15.2. The van der Waals surface area contributed by atoms with Gasteiger partial charge in [0.1, 0.15) is 0 Å². The minimum Gasteiger partial charge on any atom is -0.372 e. The van der Waals surface area contributed by atoms with Gasteiger partial charge in [0.05, 0.1) is 17.1 Å². The van der Waals surface area contributed by atoms with Crippen molar-refractivity contribution in [2.75, 3.05) is 19.7 Å². The fourth-order valence-electron chi connectivity index (χ4n) is 2.70. The molecule has 0 bridgehead atoms. The van der Waals surface area contributed by atoms with Gasteiger partial charge in [-0.1, -0.05) is 34.8 Å². The molecule has 0 amide bonds. The van der Waals surface area contributed by atoms with Gasteiger partial charge < -0.3 is 4.74 Å². The van der Waals surface area contributed by atoms with Crippen molar-refractivity contribution in [1.29, 1.82) is 0 Å². The van der Waals surface area contributed by atoms with E-state index in [4.69, 9.17) is 4.74 Å². The smallest absolute Gasteiger partial charge is 0.264 e. The standard InChI is InChI=1S/C14H15N3O3S2/c18-22(19,17-8-9-20-14(10-17)6-7-14)13-12(21-16-15-13)11-4-2-1-3-5-11/h1-5H,6-10H2. The minimum atomic E-state index is -3.64. The molecule has 0 atom stereocenters. The molecular weight excluding hydrogens is 322 g/mol. The van der Waals surface area contributed by atoms with Crippen LogP contribution in [0.3, 0.4) is 0 Å². The highest BCUT2D eigenvalue weighted by atomic mass is 32.2. The van der Waals surface area contributed by atoms with Gasteiger partial charge >= 0.3 is 0 Å². The first-order valence-corrected chi connectivity index (χ1v) is 9.34. The zero-order valence-corrected chi connectivity index (χ0v) is 13.4. The number of sulfonamides is 1. The quantitative estimate of drug-likeness (QED) is 0.853. The molecule has 1 aromatic carbocycles. The minimum absolute atomic E-state index is 0.0569. The predicted octanol–water partition coefficient (Wildman–Crippen LogP) is 1.76. The maximum absolute atomic E-state index is 12.9. The molecule has 0 unspecified atom stereocenters. The molecule has 2 heterocycles. The number of morpholine rings is 1. The lowest BCUT2D eigenvalue weighted by Crippen LogP contribution is -2.46. The number of aromatic nitrogens is 2. The molecule has 1 aliphatic carbocycles. The second kappa shape index (κ2) is 5.09. The molecule has 6 nitrogen and oxygen atoms in total. The summed E-state index contributed by atoms with van der Waals surface area (Å²) >= 11 is 1.11. The summed E-state index contributed by atoms with van der Waals surface area (Å²) in [6, 6.07) is 9.38. The van der Waals surface area contributed by atoms with E-state index in [1.807, 2.05) is 30.3 Å². The molecule has 2 aromatic rings. The molecule has 2 aliphatic rings. The monoisotopic (exact) mass is 337 g/mol. The number of ether oxygens (including phenoxy) is 1. The van der Waals surface area contributed by atoms with Crippen LogP contribution in [0.4, 0.5) is 0 Å². The average Bonchev–Trinajstić information content (AvgIpc) is 3.09. The van der Waals surface area contributed by atoms with Crippen LogP contribution in [0.2, 0.25) is 0 Å². The third kappa shape index (κ3) is 2.36. The highest BCUT2D eigenvalue weighted by Crippen LogP contribution is 2.43. The second-order valence-corrected chi connectivity index (χ2v) is 8.25. The van der Waals surface area contributed by atoms with Gasteiger partial charge in [-0.15, -0.1) is 5.10 Å². The zero-order valence-electron chi connectivity index (χ0n) is 11.8. The summed E-state index contributed by atoms with van der Waals surface area (Å²) < 4.78 is 36.9. The van der Waals surface area contributed by atoms with Crippen molar-refractivity contribution >= 4 is 21.6 Å². The highest BCUT2D eigenvalue weighted by molar-refractivity contribution is 7.89. The molecule has 0 N–H and O–H groups in total. The molecule has 8 heteroatoms. The lowest BCUT2D eigenvalue weighted by Gasteiger charge is -2.31. The summed E-state index contributed by atoms with van der Waals surface area (Å²) in [5, 5.41) is 3.96. The topological polar surface area (TPSA) is 72.4 Å². The summed E-state index contributed by atoms with van der Waals surface area (Å²) in [6.45, 7) is 1.23. The fourth-order valence-corrected chi connectivity index (χ4v) is 5.20. The Kier molecular flexibility index (Phi) is 3.30. The fraction of sp³-hybridized carbons (Fsp3) is 0.429.